The molecule has 0 bridgehead atoms. The molecule has 19 heavy (non-hydrogen) atoms. The Kier molecular flexibility index (Phi) is 4.02. The topological polar surface area (TPSA) is 60.2 Å². The van der Waals surface area contributed by atoms with Gasteiger partial charge in [-0.05, 0) is 41.8 Å². The van der Waals surface area contributed by atoms with Gasteiger partial charge in [0.25, 0.3) is 0 Å². The highest BCUT2D eigenvalue weighted by Crippen LogP contribution is 2.23. The molecule has 0 saturated carbocycles. The maximum Gasteiger partial charge on any atom is 0.175 e. The summed E-state index contributed by atoms with van der Waals surface area (Å²) in [7, 11) is -3.17. The van der Waals surface area contributed by atoms with Gasteiger partial charge in [-0.25, -0.2) is 8.42 Å². The van der Waals surface area contributed by atoms with Gasteiger partial charge in [0.15, 0.2) is 9.84 Å². The van der Waals surface area contributed by atoms with E-state index in [9.17, 15) is 8.42 Å². The zero-order chi connectivity index (χ0) is 13.9. The summed E-state index contributed by atoms with van der Waals surface area (Å²) in [6, 6.07) is 15.0. The summed E-state index contributed by atoms with van der Waals surface area (Å²) in [6.45, 7) is 0.604. The maximum absolute atomic E-state index is 11.6. The number of nitrogens with two attached hydrogens (primary N) is 1. The van der Waals surface area contributed by atoms with Gasteiger partial charge in [0.05, 0.1) is 4.90 Å². The van der Waals surface area contributed by atoms with Crippen LogP contribution < -0.4 is 5.73 Å². The van der Waals surface area contributed by atoms with Crippen molar-refractivity contribution in [2.45, 2.75) is 11.3 Å². The van der Waals surface area contributed by atoms with Crippen molar-refractivity contribution in [3.63, 3.8) is 0 Å². The molecule has 2 aromatic carbocycles. The molecule has 0 atom stereocenters. The van der Waals surface area contributed by atoms with Crippen molar-refractivity contribution in [3.8, 4) is 11.1 Å². The lowest BCUT2D eigenvalue weighted by atomic mass is 10.0. The molecule has 2 N–H and O–H groups in total. The van der Waals surface area contributed by atoms with Crippen molar-refractivity contribution in [3.05, 3.63) is 54.1 Å². The quantitative estimate of drug-likeness (QED) is 0.931. The Hall–Kier alpha value is -1.65. The molecule has 0 aliphatic rings. The maximum atomic E-state index is 11.6. The van der Waals surface area contributed by atoms with Crippen LogP contribution in [0.4, 0.5) is 0 Å². The molecular formula is C15H17NO2S. The minimum Gasteiger partial charge on any atom is -0.330 e. The number of benzene rings is 2. The molecule has 4 heteroatoms. The standard InChI is InChI=1S/C15H17NO2S/c1-19(17,18)15-7-3-6-14(11-15)13-5-2-4-12(10-13)8-9-16/h2-7,10-11H,8-9,16H2,1H3. The number of hydrogen-bond acceptors (Lipinski definition) is 3. The molecule has 0 heterocycles. The Balaban J connectivity index is 2.44. The minimum absolute atomic E-state index is 0.342. The first-order valence-electron chi connectivity index (χ1n) is 6.10. The molecule has 0 unspecified atom stereocenters. The van der Waals surface area contributed by atoms with Crippen LogP contribution in [0.3, 0.4) is 0 Å². The molecule has 0 amide bonds. The average Bonchev–Trinajstić information content (AvgIpc) is 2.39. The zero-order valence-electron chi connectivity index (χ0n) is 10.8. The van der Waals surface area contributed by atoms with E-state index < -0.39 is 9.84 Å². The predicted octanol–water partition coefficient (Wildman–Crippen LogP) is 2.26. The Morgan fingerprint density at radius 1 is 1.00 bits per heavy atom. The van der Waals surface area contributed by atoms with Crippen LogP contribution in [0.25, 0.3) is 11.1 Å². The van der Waals surface area contributed by atoms with Crippen molar-refractivity contribution in [2.75, 3.05) is 12.8 Å². The highest BCUT2D eigenvalue weighted by Gasteiger charge is 2.08. The first-order valence-corrected chi connectivity index (χ1v) is 7.99. The number of sulfone groups is 1. The van der Waals surface area contributed by atoms with E-state index in [1.54, 1.807) is 18.2 Å². The van der Waals surface area contributed by atoms with Crippen molar-refractivity contribution in [1.82, 2.24) is 0 Å². The molecular weight excluding hydrogens is 258 g/mol. The van der Waals surface area contributed by atoms with Gasteiger partial charge in [-0.3, -0.25) is 0 Å². The van der Waals surface area contributed by atoms with Gasteiger partial charge in [-0.1, -0.05) is 36.4 Å². The van der Waals surface area contributed by atoms with Crippen LogP contribution in [0.15, 0.2) is 53.4 Å². The van der Waals surface area contributed by atoms with Gasteiger partial charge in [0.1, 0.15) is 0 Å². The first-order chi connectivity index (χ1) is 9.00. The fraction of sp³-hybridized carbons (Fsp3) is 0.200. The van der Waals surface area contributed by atoms with E-state index in [2.05, 4.69) is 0 Å². The Bertz CT molecular complexity index is 678. The fourth-order valence-corrected chi connectivity index (χ4v) is 2.65. The molecule has 100 valence electrons. The highest BCUT2D eigenvalue weighted by molar-refractivity contribution is 7.90. The van der Waals surface area contributed by atoms with E-state index in [0.29, 0.717) is 11.4 Å². The van der Waals surface area contributed by atoms with E-state index in [4.69, 9.17) is 5.73 Å². The van der Waals surface area contributed by atoms with Crippen molar-refractivity contribution in [2.24, 2.45) is 5.73 Å². The summed E-state index contributed by atoms with van der Waals surface area (Å²) in [5.74, 6) is 0. The molecule has 0 aliphatic heterocycles. The van der Waals surface area contributed by atoms with Gasteiger partial charge in [-0.2, -0.15) is 0 Å². The van der Waals surface area contributed by atoms with Crippen molar-refractivity contribution >= 4 is 9.84 Å². The lowest BCUT2D eigenvalue weighted by Crippen LogP contribution is -2.02. The third-order valence-electron chi connectivity index (χ3n) is 2.96. The van der Waals surface area contributed by atoms with Crippen LogP contribution in [0.1, 0.15) is 5.56 Å². The van der Waals surface area contributed by atoms with Crippen molar-refractivity contribution < 1.29 is 8.42 Å². The van der Waals surface area contributed by atoms with Gasteiger partial charge in [0, 0.05) is 6.26 Å². The molecule has 0 saturated heterocycles. The second kappa shape index (κ2) is 5.55. The molecule has 0 radical (unpaired) electrons. The smallest absolute Gasteiger partial charge is 0.175 e. The van der Waals surface area contributed by atoms with Crippen LogP contribution in [-0.2, 0) is 16.3 Å². The van der Waals surface area contributed by atoms with Gasteiger partial charge in [0.2, 0.25) is 0 Å². The lowest BCUT2D eigenvalue weighted by molar-refractivity contribution is 0.602. The summed E-state index contributed by atoms with van der Waals surface area (Å²) < 4.78 is 23.1. The third-order valence-corrected chi connectivity index (χ3v) is 4.07. The van der Waals surface area contributed by atoms with Gasteiger partial charge >= 0.3 is 0 Å². The highest BCUT2D eigenvalue weighted by atomic mass is 32.2. The van der Waals surface area contributed by atoms with E-state index >= 15 is 0 Å². The summed E-state index contributed by atoms with van der Waals surface area (Å²) in [4.78, 5) is 0.342. The van der Waals surface area contributed by atoms with Crippen LogP contribution in [0, 0.1) is 0 Å². The molecule has 0 fully saturated rings. The van der Waals surface area contributed by atoms with Crippen LogP contribution in [0.2, 0.25) is 0 Å². The van der Waals surface area contributed by atoms with Gasteiger partial charge in [-0.15, -0.1) is 0 Å². The van der Waals surface area contributed by atoms with Crippen LogP contribution >= 0.6 is 0 Å². The lowest BCUT2D eigenvalue weighted by Gasteiger charge is -2.06. The zero-order valence-corrected chi connectivity index (χ0v) is 11.7. The number of rotatable bonds is 4. The second-order valence-corrected chi connectivity index (χ2v) is 6.55. The average molecular weight is 275 g/mol. The van der Waals surface area contributed by atoms with E-state index in [1.165, 1.54) is 6.26 Å². The Morgan fingerprint density at radius 3 is 2.26 bits per heavy atom. The monoisotopic (exact) mass is 275 g/mol. The SMILES string of the molecule is CS(=O)(=O)c1cccc(-c2cccc(CCN)c2)c1. The second-order valence-electron chi connectivity index (χ2n) is 4.54. The molecule has 0 aromatic heterocycles. The Morgan fingerprint density at radius 2 is 1.63 bits per heavy atom. The van der Waals surface area contributed by atoms with E-state index in [1.807, 2.05) is 30.3 Å². The summed E-state index contributed by atoms with van der Waals surface area (Å²) in [5, 5.41) is 0. The number of hydrogen-bond donors (Lipinski definition) is 1. The summed E-state index contributed by atoms with van der Waals surface area (Å²) >= 11 is 0. The predicted molar refractivity (Wildman–Crippen MR) is 77.7 cm³/mol. The van der Waals surface area contributed by atoms with Crippen LogP contribution in [0.5, 0.6) is 0 Å². The summed E-state index contributed by atoms with van der Waals surface area (Å²) in [6.07, 6.45) is 2.04. The molecule has 0 spiro atoms. The molecule has 3 nitrogen and oxygen atoms in total. The normalized spacial score (nSPS) is 11.5. The van der Waals surface area contributed by atoms with E-state index in [-0.39, 0.29) is 0 Å². The minimum atomic E-state index is -3.17. The van der Waals surface area contributed by atoms with Gasteiger partial charge < -0.3 is 5.73 Å². The van der Waals surface area contributed by atoms with E-state index in [0.717, 1.165) is 23.1 Å². The molecule has 0 aliphatic carbocycles. The first kappa shape index (κ1) is 13.8. The molecule has 2 rings (SSSR count). The largest absolute Gasteiger partial charge is 0.330 e. The third kappa shape index (κ3) is 3.43. The molecule has 2 aromatic rings. The Labute approximate surface area is 114 Å². The fourth-order valence-electron chi connectivity index (χ4n) is 1.98. The van der Waals surface area contributed by atoms with Crippen LogP contribution in [-0.4, -0.2) is 21.2 Å². The summed E-state index contributed by atoms with van der Waals surface area (Å²) in [5.41, 5.74) is 8.62. The van der Waals surface area contributed by atoms with Crippen molar-refractivity contribution in [1.29, 1.82) is 0 Å².